The average molecular weight is 252 g/mol. The molecule has 0 spiro atoms. The normalized spacial score (nSPS) is 11.3. The zero-order valence-corrected chi connectivity index (χ0v) is 11.9. The van der Waals surface area contributed by atoms with Crippen molar-refractivity contribution in [2.24, 2.45) is 0 Å². The van der Waals surface area contributed by atoms with Gasteiger partial charge in [-0.3, -0.25) is 0 Å². The summed E-state index contributed by atoms with van der Waals surface area (Å²) in [5.41, 5.74) is 3.96. The summed E-state index contributed by atoms with van der Waals surface area (Å²) in [5.74, 6) is 0. The molecule has 3 rings (SSSR count). The van der Waals surface area contributed by atoms with Crippen LogP contribution in [0.4, 0.5) is 5.69 Å². The summed E-state index contributed by atoms with van der Waals surface area (Å²) in [4.78, 5) is 2.14. The van der Waals surface area contributed by atoms with Crippen LogP contribution in [0, 0.1) is 0 Å². The highest BCUT2D eigenvalue weighted by atomic mass is 15.1. The van der Waals surface area contributed by atoms with Gasteiger partial charge in [-0.05, 0) is 42.1 Å². The standard InChI is InChI=1S/C17H20N2/c1-4-5-14-7-9-17-16-8-6-15(18(2)3)12-13(16)10-11-19(14)17/h6-12H,4-5H2,1-3H3. The number of anilines is 1. The summed E-state index contributed by atoms with van der Waals surface area (Å²) in [7, 11) is 4.16. The number of nitrogens with zero attached hydrogens (tertiary/aromatic N) is 2. The van der Waals surface area contributed by atoms with Gasteiger partial charge in [-0.25, -0.2) is 0 Å². The summed E-state index contributed by atoms with van der Waals surface area (Å²) in [5, 5.41) is 2.63. The van der Waals surface area contributed by atoms with Crippen LogP contribution in [0.3, 0.4) is 0 Å². The number of aromatic nitrogens is 1. The number of pyridine rings is 1. The minimum Gasteiger partial charge on any atom is -0.378 e. The third kappa shape index (κ3) is 1.97. The van der Waals surface area contributed by atoms with E-state index >= 15 is 0 Å². The molecule has 98 valence electrons. The molecule has 0 N–H and O–H groups in total. The zero-order chi connectivity index (χ0) is 13.4. The molecule has 0 aliphatic carbocycles. The number of fused-ring (bicyclic) bond motifs is 3. The third-order valence-corrected chi connectivity index (χ3v) is 3.74. The van der Waals surface area contributed by atoms with Crippen molar-refractivity contribution in [3.8, 4) is 0 Å². The summed E-state index contributed by atoms with van der Waals surface area (Å²) < 4.78 is 2.32. The molecule has 1 aromatic carbocycles. The Kier molecular flexibility index (Phi) is 2.94. The average Bonchev–Trinajstić information content (AvgIpc) is 2.82. The Labute approximate surface area is 114 Å². The highest BCUT2D eigenvalue weighted by Gasteiger charge is 2.06. The van der Waals surface area contributed by atoms with Crippen molar-refractivity contribution < 1.29 is 0 Å². The second-order valence-corrected chi connectivity index (χ2v) is 5.31. The predicted molar refractivity (Wildman–Crippen MR) is 83.2 cm³/mol. The van der Waals surface area contributed by atoms with Crippen molar-refractivity contribution in [1.29, 1.82) is 0 Å². The van der Waals surface area contributed by atoms with Crippen molar-refractivity contribution >= 4 is 22.0 Å². The van der Waals surface area contributed by atoms with E-state index in [-0.39, 0.29) is 0 Å². The summed E-state index contributed by atoms with van der Waals surface area (Å²) in [6.45, 7) is 2.23. The molecular formula is C17H20N2. The number of aryl methyl sites for hydroxylation is 1. The van der Waals surface area contributed by atoms with Gasteiger partial charge >= 0.3 is 0 Å². The van der Waals surface area contributed by atoms with Crippen LogP contribution in [0.1, 0.15) is 19.0 Å². The van der Waals surface area contributed by atoms with E-state index < -0.39 is 0 Å². The first-order valence-corrected chi connectivity index (χ1v) is 6.90. The lowest BCUT2D eigenvalue weighted by Crippen LogP contribution is -2.08. The zero-order valence-electron chi connectivity index (χ0n) is 11.9. The van der Waals surface area contributed by atoms with Gasteiger partial charge in [-0.15, -0.1) is 0 Å². The molecule has 0 saturated heterocycles. The smallest absolute Gasteiger partial charge is 0.0531 e. The molecule has 0 amide bonds. The molecule has 0 saturated carbocycles. The van der Waals surface area contributed by atoms with E-state index in [0.717, 1.165) is 6.42 Å². The Morgan fingerprint density at radius 1 is 1.05 bits per heavy atom. The van der Waals surface area contributed by atoms with Gasteiger partial charge in [0.2, 0.25) is 0 Å². The SMILES string of the molecule is CCCc1ccc2c3ccc(N(C)C)cc3ccn12. The Bertz CT molecular complexity index is 723. The van der Waals surface area contributed by atoms with Crippen LogP contribution in [0.15, 0.2) is 42.6 Å². The first-order chi connectivity index (χ1) is 9.20. The van der Waals surface area contributed by atoms with Crippen molar-refractivity contribution in [3.05, 3.63) is 48.3 Å². The molecule has 0 aliphatic rings. The van der Waals surface area contributed by atoms with E-state index in [0.29, 0.717) is 0 Å². The van der Waals surface area contributed by atoms with Crippen LogP contribution in [-0.2, 0) is 6.42 Å². The molecule has 0 radical (unpaired) electrons. The van der Waals surface area contributed by atoms with Crippen LogP contribution >= 0.6 is 0 Å². The van der Waals surface area contributed by atoms with Gasteiger partial charge in [0.25, 0.3) is 0 Å². The fourth-order valence-corrected chi connectivity index (χ4v) is 2.70. The maximum Gasteiger partial charge on any atom is 0.0531 e. The third-order valence-electron chi connectivity index (χ3n) is 3.74. The lowest BCUT2D eigenvalue weighted by atomic mass is 10.1. The molecule has 0 fully saturated rings. The summed E-state index contributed by atoms with van der Waals surface area (Å²) in [6.07, 6.45) is 4.52. The minimum absolute atomic E-state index is 1.13. The Morgan fingerprint density at radius 3 is 2.63 bits per heavy atom. The Morgan fingerprint density at radius 2 is 1.89 bits per heavy atom. The highest BCUT2D eigenvalue weighted by Crippen LogP contribution is 2.26. The monoisotopic (exact) mass is 252 g/mol. The largest absolute Gasteiger partial charge is 0.378 e. The first-order valence-electron chi connectivity index (χ1n) is 6.90. The number of hydrogen-bond acceptors (Lipinski definition) is 1. The van der Waals surface area contributed by atoms with Crippen molar-refractivity contribution in [3.63, 3.8) is 0 Å². The van der Waals surface area contributed by atoms with Crippen LogP contribution < -0.4 is 4.90 Å². The lowest BCUT2D eigenvalue weighted by molar-refractivity contribution is 0.869. The van der Waals surface area contributed by atoms with Gasteiger partial charge in [0.15, 0.2) is 0 Å². The van der Waals surface area contributed by atoms with Crippen LogP contribution in [-0.4, -0.2) is 18.5 Å². The molecule has 2 nitrogen and oxygen atoms in total. The number of hydrogen-bond donors (Lipinski definition) is 0. The summed E-state index contributed by atoms with van der Waals surface area (Å²) in [6, 6.07) is 13.4. The van der Waals surface area contributed by atoms with E-state index in [1.807, 2.05) is 0 Å². The molecule has 2 aromatic heterocycles. The van der Waals surface area contributed by atoms with Gasteiger partial charge in [-0.2, -0.15) is 0 Å². The minimum atomic E-state index is 1.13. The van der Waals surface area contributed by atoms with E-state index in [9.17, 15) is 0 Å². The molecule has 19 heavy (non-hydrogen) atoms. The second kappa shape index (κ2) is 4.61. The predicted octanol–water partition coefficient (Wildman–Crippen LogP) is 4.11. The number of rotatable bonds is 3. The molecule has 0 aliphatic heterocycles. The van der Waals surface area contributed by atoms with E-state index in [1.54, 1.807) is 0 Å². The first kappa shape index (κ1) is 12.1. The van der Waals surface area contributed by atoms with Gasteiger partial charge in [0.05, 0.1) is 5.52 Å². The molecule has 2 heteroatoms. The lowest BCUT2D eigenvalue weighted by Gasteiger charge is -2.13. The second-order valence-electron chi connectivity index (χ2n) is 5.31. The van der Waals surface area contributed by atoms with Gasteiger partial charge in [-0.1, -0.05) is 19.4 Å². The summed E-state index contributed by atoms with van der Waals surface area (Å²) >= 11 is 0. The topological polar surface area (TPSA) is 7.65 Å². The fraction of sp³-hybridized carbons (Fsp3) is 0.294. The Hall–Kier alpha value is -1.96. The maximum absolute atomic E-state index is 2.32. The van der Waals surface area contributed by atoms with Gasteiger partial charge in [0, 0.05) is 37.1 Å². The maximum atomic E-state index is 2.32. The van der Waals surface area contributed by atoms with Crippen LogP contribution in [0.5, 0.6) is 0 Å². The molecule has 2 heterocycles. The molecule has 0 atom stereocenters. The Balaban J connectivity index is 2.23. The van der Waals surface area contributed by atoms with E-state index in [4.69, 9.17) is 0 Å². The number of benzene rings is 1. The van der Waals surface area contributed by atoms with Crippen molar-refractivity contribution in [1.82, 2.24) is 4.40 Å². The molecule has 0 unspecified atom stereocenters. The highest BCUT2D eigenvalue weighted by molar-refractivity contribution is 5.97. The van der Waals surface area contributed by atoms with Crippen molar-refractivity contribution in [2.75, 3.05) is 19.0 Å². The molecular weight excluding hydrogens is 232 g/mol. The molecule has 3 aromatic rings. The van der Waals surface area contributed by atoms with E-state index in [1.165, 1.54) is 34.1 Å². The van der Waals surface area contributed by atoms with Crippen LogP contribution in [0.2, 0.25) is 0 Å². The van der Waals surface area contributed by atoms with Gasteiger partial charge in [0.1, 0.15) is 0 Å². The van der Waals surface area contributed by atoms with Crippen molar-refractivity contribution in [2.45, 2.75) is 19.8 Å². The van der Waals surface area contributed by atoms with E-state index in [2.05, 4.69) is 72.9 Å². The van der Waals surface area contributed by atoms with Gasteiger partial charge < -0.3 is 9.30 Å². The van der Waals surface area contributed by atoms with Crippen LogP contribution in [0.25, 0.3) is 16.3 Å². The molecule has 0 bridgehead atoms. The quantitative estimate of drug-likeness (QED) is 0.680. The fourth-order valence-electron chi connectivity index (χ4n) is 2.70.